The molecule has 120 valence electrons. The molecule has 0 saturated heterocycles. The van der Waals surface area contributed by atoms with Gasteiger partial charge in [0.05, 0.1) is 12.2 Å². The normalized spacial score (nSPS) is 11.4. The van der Waals surface area contributed by atoms with Crippen LogP contribution in [0.4, 0.5) is 5.69 Å². The Balaban J connectivity index is 0.000000924. The predicted octanol–water partition coefficient (Wildman–Crippen LogP) is 4.28. The molecule has 2 aromatic carbocycles. The molecule has 0 bridgehead atoms. The number of nitrogen functional groups attached to an aromatic ring is 1. The van der Waals surface area contributed by atoms with Crippen molar-refractivity contribution in [1.82, 2.24) is 9.97 Å². The second-order valence-corrected chi connectivity index (χ2v) is 5.16. The van der Waals surface area contributed by atoms with E-state index in [1.165, 1.54) is 16.7 Å². The van der Waals surface area contributed by atoms with Gasteiger partial charge >= 0.3 is 0 Å². The Kier molecular flexibility index (Phi) is 6.29. The van der Waals surface area contributed by atoms with Crippen LogP contribution in [-0.2, 0) is 6.42 Å². The lowest BCUT2D eigenvalue weighted by Crippen LogP contribution is -2.07. The first-order valence-corrected chi connectivity index (χ1v) is 8.55. The number of aromatic amines is 1. The van der Waals surface area contributed by atoms with Crippen LogP contribution in [0.5, 0.6) is 0 Å². The quantitative estimate of drug-likeness (QED) is 0.495. The minimum atomic E-state index is 0.132. The number of benzene rings is 2. The Labute approximate surface area is 143 Å². The lowest BCUT2D eigenvalue weighted by atomic mass is 9.85. The van der Waals surface area contributed by atoms with Gasteiger partial charge in [0.1, 0.15) is 0 Å². The van der Waals surface area contributed by atoms with Crippen LogP contribution in [0.2, 0.25) is 0 Å². The number of rotatable bonds is 4. The molecule has 4 heteroatoms. The number of nitrogens with two attached hydrogens (primary N) is 1. The predicted molar refractivity (Wildman–Crippen MR) is 101 cm³/mol. The van der Waals surface area contributed by atoms with Crippen LogP contribution in [0.1, 0.15) is 35.2 Å². The van der Waals surface area contributed by atoms with E-state index >= 15 is 0 Å². The summed E-state index contributed by atoms with van der Waals surface area (Å²) in [6.07, 6.45) is 6.31. The average molecular weight is 325 g/mol. The summed E-state index contributed by atoms with van der Waals surface area (Å²) in [5.41, 5.74) is 11.7. The summed E-state index contributed by atoms with van der Waals surface area (Å²) >= 11 is 3.53. The Hall–Kier alpha value is -2.20. The van der Waals surface area contributed by atoms with E-state index in [0.29, 0.717) is 0 Å². The topological polar surface area (TPSA) is 54.7 Å². The monoisotopic (exact) mass is 325 g/mol. The molecule has 1 aromatic heterocycles. The molecule has 3 nitrogen and oxygen atoms in total. The van der Waals surface area contributed by atoms with Gasteiger partial charge in [0.25, 0.3) is 0 Å². The van der Waals surface area contributed by atoms with Crippen molar-refractivity contribution in [3.05, 3.63) is 83.4 Å². The summed E-state index contributed by atoms with van der Waals surface area (Å²) in [4.78, 5) is 7.44. The highest BCUT2D eigenvalue weighted by atomic mass is 32.1. The summed E-state index contributed by atoms with van der Waals surface area (Å²) in [6.45, 7) is 2.18. The van der Waals surface area contributed by atoms with Gasteiger partial charge in [0, 0.05) is 17.6 Å². The lowest BCUT2D eigenvalue weighted by molar-refractivity contribution is 0.905. The smallest absolute Gasteiger partial charge is 0.0922 e. The van der Waals surface area contributed by atoms with E-state index in [1.807, 2.05) is 24.4 Å². The number of hydrogen-bond acceptors (Lipinski definition) is 3. The van der Waals surface area contributed by atoms with Crippen LogP contribution in [0, 0.1) is 0 Å². The molecular weight excluding hydrogens is 302 g/mol. The average Bonchev–Trinajstić information content (AvgIpc) is 3.12. The zero-order chi connectivity index (χ0) is 16.7. The van der Waals surface area contributed by atoms with Gasteiger partial charge in [0.2, 0.25) is 0 Å². The van der Waals surface area contributed by atoms with Gasteiger partial charge in [0.15, 0.2) is 0 Å². The van der Waals surface area contributed by atoms with Crippen molar-refractivity contribution in [3.8, 4) is 0 Å². The van der Waals surface area contributed by atoms with Crippen molar-refractivity contribution in [2.75, 3.05) is 12.0 Å². The fourth-order valence-corrected chi connectivity index (χ4v) is 2.83. The molecule has 0 radical (unpaired) electrons. The SMILES string of the molecule is CCc1ccccc1C(c1cccc(N)c1)c1cnc[nH]1.CS. The van der Waals surface area contributed by atoms with E-state index in [2.05, 4.69) is 59.9 Å². The zero-order valence-corrected chi connectivity index (χ0v) is 14.4. The van der Waals surface area contributed by atoms with Crippen molar-refractivity contribution in [3.63, 3.8) is 0 Å². The maximum atomic E-state index is 5.97. The Bertz CT molecular complexity index is 723. The third kappa shape index (κ3) is 3.96. The first kappa shape index (κ1) is 17.2. The van der Waals surface area contributed by atoms with Gasteiger partial charge < -0.3 is 10.7 Å². The molecule has 0 spiro atoms. The first-order valence-electron chi connectivity index (χ1n) is 7.66. The number of anilines is 1. The van der Waals surface area contributed by atoms with E-state index < -0.39 is 0 Å². The maximum absolute atomic E-state index is 5.97. The third-order valence-corrected chi connectivity index (χ3v) is 3.82. The highest BCUT2D eigenvalue weighted by Gasteiger charge is 2.20. The van der Waals surface area contributed by atoms with Crippen molar-refractivity contribution in [2.45, 2.75) is 19.3 Å². The standard InChI is InChI=1S/C18H19N3.CH4S/c1-2-13-6-3-4-9-16(13)18(17-11-20-12-21-17)14-7-5-8-15(19)10-14;1-2/h3-12,18H,2,19H2,1H3,(H,20,21);2H,1H3. The summed E-state index contributed by atoms with van der Waals surface area (Å²) < 4.78 is 0. The van der Waals surface area contributed by atoms with Crippen LogP contribution in [0.15, 0.2) is 61.1 Å². The molecule has 23 heavy (non-hydrogen) atoms. The number of H-pyrrole nitrogens is 1. The van der Waals surface area contributed by atoms with E-state index in [4.69, 9.17) is 5.73 Å². The maximum Gasteiger partial charge on any atom is 0.0922 e. The van der Waals surface area contributed by atoms with Gasteiger partial charge in [-0.1, -0.05) is 43.3 Å². The number of thiol groups is 1. The first-order chi connectivity index (χ1) is 11.3. The molecule has 3 N–H and O–H groups in total. The van der Waals surface area contributed by atoms with Crippen molar-refractivity contribution in [1.29, 1.82) is 0 Å². The van der Waals surface area contributed by atoms with Crippen LogP contribution < -0.4 is 5.73 Å². The zero-order valence-electron chi connectivity index (χ0n) is 13.5. The van der Waals surface area contributed by atoms with E-state index in [0.717, 1.165) is 17.8 Å². The second kappa shape index (κ2) is 8.44. The van der Waals surface area contributed by atoms with Gasteiger partial charge in [-0.25, -0.2) is 4.98 Å². The summed E-state index contributed by atoms with van der Waals surface area (Å²) in [5.74, 6) is 0.132. The van der Waals surface area contributed by atoms with Gasteiger partial charge in [-0.3, -0.25) is 0 Å². The number of imidazole rings is 1. The van der Waals surface area contributed by atoms with Crippen LogP contribution in [0.3, 0.4) is 0 Å². The number of nitrogens with one attached hydrogen (secondary N) is 1. The molecule has 0 aliphatic rings. The van der Waals surface area contributed by atoms with Gasteiger partial charge in [-0.15, -0.1) is 0 Å². The van der Waals surface area contributed by atoms with Crippen LogP contribution >= 0.6 is 12.6 Å². The number of aryl methyl sites for hydroxylation is 1. The summed E-state index contributed by atoms with van der Waals surface area (Å²) in [7, 11) is 0. The van der Waals surface area contributed by atoms with E-state index in [9.17, 15) is 0 Å². The molecular formula is C19H23N3S. The molecule has 0 aliphatic carbocycles. The molecule has 1 unspecified atom stereocenters. The fourth-order valence-electron chi connectivity index (χ4n) is 2.83. The third-order valence-electron chi connectivity index (χ3n) is 3.82. The van der Waals surface area contributed by atoms with Crippen molar-refractivity contribution < 1.29 is 0 Å². The molecule has 0 saturated carbocycles. The molecule has 0 aliphatic heterocycles. The minimum absolute atomic E-state index is 0.132. The van der Waals surface area contributed by atoms with Gasteiger partial charge in [-0.05, 0) is 41.5 Å². The Morgan fingerprint density at radius 2 is 1.91 bits per heavy atom. The van der Waals surface area contributed by atoms with E-state index in [-0.39, 0.29) is 5.92 Å². The van der Waals surface area contributed by atoms with Crippen molar-refractivity contribution >= 4 is 18.3 Å². The summed E-state index contributed by atoms with van der Waals surface area (Å²) in [5, 5.41) is 0. The molecule has 3 rings (SSSR count). The minimum Gasteiger partial charge on any atom is -0.399 e. The fraction of sp³-hybridized carbons (Fsp3) is 0.211. The Morgan fingerprint density at radius 3 is 2.57 bits per heavy atom. The highest BCUT2D eigenvalue weighted by Crippen LogP contribution is 2.33. The lowest BCUT2D eigenvalue weighted by Gasteiger charge is -2.20. The van der Waals surface area contributed by atoms with Gasteiger partial charge in [-0.2, -0.15) is 12.6 Å². The molecule has 0 fully saturated rings. The van der Waals surface area contributed by atoms with Crippen LogP contribution in [0.25, 0.3) is 0 Å². The number of hydrogen-bond donors (Lipinski definition) is 3. The Morgan fingerprint density at radius 1 is 1.13 bits per heavy atom. The number of aromatic nitrogens is 2. The summed E-state index contributed by atoms with van der Waals surface area (Å²) in [6, 6.07) is 16.6. The van der Waals surface area contributed by atoms with Crippen LogP contribution in [-0.4, -0.2) is 16.2 Å². The number of nitrogens with zero attached hydrogens (tertiary/aromatic N) is 1. The largest absolute Gasteiger partial charge is 0.399 e. The second-order valence-electron chi connectivity index (χ2n) is 5.16. The molecule has 1 heterocycles. The molecule has 3 aromatic rings. The van der Waals surface area contributed by atoms with Crippen molar-refractivity contribution in [2.24, 2.45) is 0 Å². The highest BCUT2D eigenvalue weighted by molar-refractivity contribution is 7.79. The molecule has 1 atom stereocenters. The van der Waals surface area contributed by atoms with E-state index in [1.54, 1.807) is 12.6 Å². The molecule has 0 amide bonds.